The minimum absolute atomic E-state index is 0.194. The van der Waals surface area contributed by atoms with Gasteiger partial charge in [0.05, 0.1) is 11.9 Å². The molecular formula is C17H19N3O. The maximum absolute atomic E-state index is 11.7. The maximum atomic E-state index is 11.7. The van der Waals surface area contributed by atoms with Crippen LogP contribution in [0.15, 0.2) is 36.5 Å². The van der Waals surface area contributed by atoms with Gasteiger partial charge in [-0.25, -0.2) is 0 Å². The highest BCUT2D eigenvalue weighted by atomic mass is 16.2. The lowest BCUT2D eigenvalue weighted by atomic mass is 9.99. The van der Waals surface area contributed by atoms with Crippen LogP contribution < -0.4 is 10.2 Å². The van der Waals surface area contributed by atoms with Gasteiger partial charge in [0.25, 0.3) is 0 Å². The first-order valence-corrected chi connectivity index (χ1v) is 7.18. The summed E-state index contributed by atoms with van der Waals surface area (Å²) in [7, 11) is 1.84. The number of benzene rings is 1. The van der Waals surface area contributed by atoms with E-state index in [-0.39, 0.29) is 5.91 Å². The highest BCUT2D eigenvalue weighted by Crippen LogP contribution is 2.27. The van der Waals surface area contributed by atoms with E-state index < -0.39 is 0 Å². The van der Waals surface area contributed by atoms with Crippen LogP contribution in [-0.4, -0.2) is 17.9 Å². The van der Waals surface area contributed by atoms with Gasteiger partial charge in [0.2, 0.25) is 5.91 Å². The van der Waals surface area contributed by atoms with E-state index in [9.17, 15) is 4.79 Å². The van der Waals surface area contributed by atoms with Crippen molar-refractivity contribution in [3.8, 4) is 0 Å². The summed E-state index contributed by atoms with van der Waals surface area (Å²) in [6.45, 7) is 2.74. The number of anilines is 2. The first kappa shape index (κ1) is 13.6. The van der Waals surface area contributed by atoms with Gasteiger partial charge >= 0.3 is 0 Å². The Morgan fingerprint density at radius 1 is 1.24 bits per heavy atom. The molecule has 1 aromatic heterocycles. The molecule has 0 fully saturated rings. The number of rotatable bonds is 3. The topological polar surface area (TPSA) is 45.2 Å². The van der Waals surface area contributed by atoms with Crippen molar-refractivity contribution in [3.63, 3.8) is 0 Å². The Balaban J connectivity index is 1.72. The van der Waals surface area contributed by atoms with Crippen LogP contribution in [0.25, 0.3) is 0 Å². The Kier molecular flexibility index (Phi) is 3.60. The van der Waals surface area contributed by atoms with Gasteiger partial charge in [-0.1, -0.05) is 12.1 Å². The fourth-order valence-electron chi connectivity index (χ4n) is 2.60. The van der Waals surface area contributed by atoms with Crippen molar-refractivity contribution in [2.24, 2.45) is 0 Å². The molecule has 2 aromatic rings. The largest absolute Gasteiger partial charge is 0.380 e. The van der Waals surface area contributed by atoms with Crippen molar-refractivity contribution in [2.45, 2.75) is 26.3 Å². The molecule has 3 rings (SSSR count). The lowest BCUT2D eigenvalue weighted by Gasteiger charge is -2.26. The summed E-state index contributed by atoms with van der Waals surface area (Å²) >= 11 is 0. The molecule has 0 bridgehead atoms. The number of carbonyl (C=O) groups is 1. The van der Waals surface area contributed by atoms with E-state index in [0.29, 0.717) is 6.42 Å². The first-order valence-electron chi connectivity index (χ1n) is 7.18. The van der Waals surface area contributed by atoms with E-state index >= 15 is 0 Å². The second kappa shape index (κ2) is 5.56. The molecule has 0 atom stereocenters. The Morgan fingerprint density at radius 3 is 2.86 bits per heavy atom. The van der Waals surface area contributed by atoms with E-state index in [0.717, 1.165) is 30.0 Å². The van der Waals surface area contributed by atoms with Crippen molar-refractivity contribution in [1.29, 1.82) is 0 Å². The Bertz CT molecular complexity index is 664. The number of aryl methyl sites for hydroxylation is 2. The maximum Gasteiger partial charge on any atom is 0.227 e. The molecule has 1 aliphatic heterocycles. The average molecular weight is 281 g/mol. The third kappa shape index (κ3) is 2.89. The minimum Gasteiger partial charge on any atom is -0.380 e. The minimum atomic E-state index is 0.194. The molecule has 0 spiro atoms. The quantitative estimate of drug-likeness (QED) is 0.941. The zero-order chi connectivity index (χ0) is 14.8. The standard InChI is InChI=1S/C17H19N3O/c1-12-3-6-15(11-18-12)19-10-13-4-7-16-14(9-13)5-8-17(21)20(16)2/h3-4,6-7,9,11,19H,5,8,10H2,1-2H3. The lowest BCUT2D eigenvalue weighted by molar-refractivity contribution is -0.118. The molecule has 0 saturated heterocycles. The van der Waals surface area contributed by atoms with Crippen LogP contribution in [0.2, 0.25) is 0 Å². The second-order valence-electron chi connectivity index (χ2n) is 5.46. The van der Waals surface area contributed by atoms with Crippen LogP contribution in [0.1, 0.15) is 23.2 Å². The monoisotopic (exact) mass is 281 g/mol. The third-order valence-corrected chi connectivity index (χ3v) is 3.90. The van der Waals surface area contributed by atoms with Gasteiger partial charge in [0.1, 0.15) is 0 Å². The van der Waals surface area contributed by atoms with Gasteiger partial charge in [0, 0.05) is 31.4 Å². The van der Waals surface area contributed by atoms with Crippen LogP contribution in [0.5, 0.6) is 0 Å². The fourth-order valence-corrected chi connectivity index (χ4v) is 2.60. The van der Waals surface area contributed by atoms with Crippen LogP contribution in [0.4, 0.5) is 11.4 Å². The van der Waals surface area contributed by atoms with E-state index in [1.54, 1.807) is 4.90 Å². The molecule has 1 aliphatic rings. The highest BCUT2D eigenvalue weighted by Gasteiger charge is 2.20. The normalized spacial score (nSPS) is 14.0. The van der Waals surface area contributed by atoms with Crippen LogP contribution >= 0.6 is 0 Å². The summed E-state index contributed by atoms with van der Waals surface area (Å²) in [5, 5.41) is 3.37. The van der Waals surface area contributed by atoms with Crippen LogP contribution in [-0.2, 0) is 17.8 Å². The number of hydrogen-bond acceptors (Lipinski definition) is 3. The second-order valence-corrected chi connectivity index (χ2v) is 5.46. The Hall–Kier alpha value is -2.36. The van der Waals surface area contributed by atoms with E-state index in [1.165, 1.54) is 11.1 Å². The van der Waals surface area contributed by atoms with E-state index in [2.05, 4.69) is 22.4 Å². The van der Waals surface area contributed by atoms with E-state index in [4.69, 9.17) is 0 Å². The molecule has 0 aliphatic carbocycles. The van der Waals surface area contributed by atoms with Gasteiger partial charge < -0.3 is 10.2 Å². The van der Waals surface area contributed by atoms with Gasteiger partial charge in [-0.15, -0.1) is 0 Å². The van der Waals surface area contributed by atoms with E-state index in [1.807, 2.05) is 38.4 Å². The Labute approximate surface area is 124 Å². The number of pyridine rings is 1. The number of nitrogens with one attached hydrogen (secondary N) is 1. The van der Waals surface area contributed by atoms with Crippen LogP contribution in [0.3, 0.4) is 0 Å². The number of fused-ring (bicyclic) bond motifs is 1. The molecule has 108 valence electrons. The van der Waals surface area contributed by atoms with Gasteiger partial charge in [0.15, 0.2) is 0 Å². The molecule has 0 unspecified atom stereocenters. The third-order valence-electron chi connectivity index (χ3n) is 3.90. The summed E-state index contributed by atoms with van der Waals surface area (Å²) in [6.07, 6.45) is 3.28. The molecular weight excluding hydrogens is 262 g/mol. The SMILES string of the molecule is Cc1ccc(NCc2ccc3c(c2)CCC(=O)N3C)cn1. The van der Waals surface area contributed by atoms with Crippen molar-refractivity contribution < 1.29 is 4.79 Å². The van der Waals surface area contributed by atoms with Gasteiger partial charge in [-0.05, 0) is 42.7 Å². The number of carbonyl (C=O) groups excluding carboxylic acids is 1. The van der Waals surface area contributed by atoms with Crippen LogP contribution in [0, 0.1) is 6.92 Å². The lowest BCUT2D eigenvalue weighted by Crippen LogP contribution is -2.31. The molecule has 4 heteroatoms. The van der Waals surface area contributed by atoms with Gasteiger partial charge in [-0.3, -0.25) is 9.78 Å². The molecule has 21 heavy (non-hydrogen) atoms. The van der Waals surface area contributed by atoms with Crippen molar-refractivity contribution in [2.75, 3.05) is 17.3 Å². The van der Waals surface area contributed by atoms with Gasteiger partial charge in [-0.2, -0.15) is 0 Å². The summed E-state index contributed by atoms with van der Waals surface area (Å²) in [5.74, 6) is 0.194. The first-order chi connectivity index (χ1) is 10.1. The van der Waals surface area contributed by atoms with Crippen molar-refractivity contribution in [1.82, 2.24) is 4.98 Å². The van der Waals surface area contributed by atoms with Crippen molar-refractivity contribution >= 4 is 17.3 Å². The zero-order valence-corrected chi connectivity index (χ0v) is 12.4. The average Bonchev–Trinajstić information content (AvgIpc) is 2.50. The summed E-state index contributed by atoms with van der Waals surface area (Å²) in [5.41, 5.74) is 5.54. The van der Waals surface area contributed by atoms with Crippen molar-refractivity contribution in [3.05, 3.63) is 53.3 Å². The molecule has 1 aromatic carbocycles. The zero-order valence-electron chi connectivity index (χ0n) is 12.4. The highest BCUT2D eigenvalue weighted by molar-refractivity contribution is 5.95. The predicted molar refractivity (Wildman–Crippen MR) is 84.5 cm³/mol. The summed E-state index contributed by atoms with van der Waals surface area (Å²) in [6, 6.07) is 10.3. The predicted octanol–water partition coefficient (Wildman–Crippen LogP) is 2.91. The number of nitrogens with zero attached hydrogens (tertiary/aromatic N) is 2. The smallest absolute Gasteiger partial charge is 0.227 e. The number of amides is 1. The summed E-state index contributed by atoms with van der Waals surface area (Å²) < 4.78 is 0. The molecule has 1 amide bonds. The molecule has 0 radical (unpaired) electrons. The molecule has 2 heterocycles. The summed E-state index contributed by atoms with van der Waals surface area (Å²) in [4.78, 5) is 17.7. The molecule has 0 saturated carbocycles. The Morgan fingerprint density at radius 2 is 2.10 bits per heavy atom. The molecule has 4 nitrogen and oxygen atoms in total. The fraction of sp³-hybridized carbons (Fsp3) is 0.294. The number of hydrogen-bond donors (Lipinski definition) is 1. The number of aromatic nitrogens is 1. The molecule has 1 N–H and O–H groups in total.